The second kappa shape index (κ2) is 6.29. The molecule has 1 aliphatic rings. The molecule has 1 atom stereocenters. The van der Waals surface area contributed by atoms with Crippen LogP contribution in [0.4, 0.5) is 0 Å². The van der Waals surface area contributed by atoms with E-state index in [-0.39, 0.29) is 11.9 Å². The standard InChI is InChI=1S/C16H16ClN7O/c1-11-16(25)22(6-12-4-2-3-5-13(12)17)7-14-20-21-15(24(11)14)8-23-10-18-9-19-23/h2-5,9-11H,6-8H2,1H3/t11-/m0/s1. The molecule has 3 aromatic rings. The molecule has 25 heavy (non-hydrogen) atoms. The van der Waals surface area contributed by atoms with Gasteiger partial charge in [0.2, 0.25) is 5.91 Å². The van der Waals surface area contributed by atoms with Crippen LogP contribution in [0.25, 0.3) is 0 Å². The van der Waals surface area contributed by atoms with Crippen molar-refractivity contribution in [3.05, 3.63) is 59.2 Å². The number of hydrogen-bond donors (Lipinski definition) is 0. The highest BCUT2D eigenvalue weighted by molar-refractivity contribution is 6.31. The molecule has 0 saturated carbocycles. The lowest BCUT2D eigenvalue weighted by Gasteiger charge is -2.32. The number of rotatable bonds is 4. The highest BCUT2D eigenvalue weighted by Gasteiger charge is 2.33. The minimum Gasteiger partial charge on any atom is -0.329 e. The number of fused-ring (bicyclic) bond motifs is 1. The minimum absolute atomic E-state index is 0.0204. The van der Waals surface area contributed by atoms with Crippen LogP contribution in [0.15, 0.2) is 36.9 Å². The Labute approximate surface area is 149 Å². The number of halogens is 1. The number of benzene rings is 1. The van der Waals surface area contributed by atoms with E-state index in [1.54, 1.807) is 15.9 Å². The van der Waals surface area contributed by atoms with Crippen LogP contribution in [-0.2, 0) is 24.4 Å². The fourth-order valence-electron chi connectivity index (χ4n) is 3.07. The number of hydrogen-bond acceptors (Lipinski definition) is 5. The van der Waals surface area contributed by atoms with Crippen molar-refractivity contribution in [3.8, 4) is 0 Å². The molecule has 0 N–H and O–H groups in total. The predicted molar refractivity (Wildman–Crippen MR) is 89.6 cm³/mol. The first-order valence-electron chi connectivity index (χ1n) is 7.90. The topological polar surface area (TPSA) is 81.7 Å². The van der Waals surface area contributed by atoms with Crippen LogP contribution >= 0.6 is 11.6 Å². The molecule has 0 spiro atoms. The molecule has 1 aromatic carbocycles. The number of nitrogens with zero attached hydrogens (tertiary/aromatic N) is 7. The molecule has 0 bridgehead atoms. The van der Waals surface area contributed by atoms with Crippen molar-refractivity contribution in [1.82, 2.24) is 34.4 Å². The molecule has 0 saturated heterocycles. The Morgan fingerprint density at radius 3 is 2.84 bits per heavy atom. The number of amides is 1. The van der Waals surface area contributed by atoms with Crippen LogP contribution in [0.5, 0.6) is 0 Å². The van der Waals surface area contributed by atoms with Crippen molar-refractivity contribution in [2.24, 2.45) is 0 Å². The maximum Gasteiger partial charge on any atom is 0.246 e. The molecule has 9 heteroatoms. The summed E-state index contributed by atoms with van der Waals surface area (Å²) in [6, 6.07) is 7.17. The Morgan fingerprint density at radius 2 is 2.08 bits per heavy atom. The summed E-state index contributed by atoms with van der Waals surface area (Å²) in [6.45, 7) is 3.14. The lowest BCUT2D eigenvalue weighted by atomic mass is 10.1. The molecular formula is C16H16ClN7O. The highest BCUT2D eigenvalue weighted by atomic mass is 35.5. The lowest BCUT2D eigenvalue weighted by Crippen LogP contribution is -2.41. The number of carbonyl (C=O) groups excluding carboxylic acids is 1. The van der Waals surface area contributed by atoms with E-state index in [4.69, 9.17) is 11.6 Å². The Balaban J connectivity index is 1.60. The van der Waals surface area contributed by atoms with Gasteiger partial charge in [-0.1, -0.05) is 29.8 Å². The first-order valence-corrected chi connectivity index (χ1v) is 8.28. The van der Waals surface area contributed by atoms with E-state index in [2.05, 4.69) is 20.3 Å². The molecule has 128 valence electrons. The summed E-state index contributed by atoms with van der Waals surface area (Å²) in [5.41, 5.74) is 0.917. The van der Waals surface area contributed by atoms with Gasteiger partial charge in [-0.05, 0) is 18.6 Å². The van der Waals surface area contributed by atoms with Gasteiger partial charge in [-0.3, -0.25) is 9.36 Å². The van der Waals surface area contributed by atoms with Gasteiger partial charge in [0.05, 0.1) is 6.54 Å². The molecule has 3 heterocycles. The van der Waals surface area contributed by atoms with Crippen molar-refractivity contribution in [2.45, 2.75) is 32.6 Å². The average molecular weight is 358 g/mol. The van der Waals surface area contributed by atoms with E-state index in [1.807, 2.05) is 35.8 Å². The van der Waals surface area contributed by atoms with Crippen LogP contribution in [-0.4, -0.2) is 40.3 Å². The SMILES string of the molecule is C[C@H]1C(=O)N(Cc2ccccc2Cl)Cc2nnc(Cn3cncn3)n21. The zero-order valence-corrected chi connectivity index (χ0v) is 14.3. The summed E-state index contributed by atoms with van der Waals surface area (Å²) < 4.78 is 3.54. The molecule has 8 nitrogen and oxygen atoms in total. The fourth-order valence-corrected chi connectivity index (χ4v) is 3.27. The van der Waals surface area contributed by atoms with Crippen molar-refractivity contribution in [3.63, 3.8) is 0 Å². The Bertz CT molecular complexity index is 905. The Kier molecular flexibility index (Phi) is 3.96. The summed E-state index contributed by atoms with van der Waals surface area (Å²) in [5, 5.41) is 13.2. The van der Waals surface area contributed by atoms with E-state index in [1.165, 1.54) is 6.33 Å². The predicted octanol–water partition coefficient (Wildman–Crippen LogP) is 1.67. The van der Waals surface area contributed by atoms with E-state index in [0.29, 0.717) is 30.5 Å². The number of aromatic nitrogens is 6. The molecule has 0 radical (unpaired) electrons. The second-order valence-electron chi connectivity index (χ2n) is 5.96. The third-order valence-corrected chi connectivity index (χ3v) is 4.68. The third-order valence-electron chi connectivity index (χ3n) is 4.31. The van der Waals surface area contributed by atoms with Crippen LogP contribution < -0.4 is 0 Å². The normalized spacial score (nSPS) is 17.0. The smallest absolute Gasteiger partial charge is 0.246 e. The molecule has 4 rings (SSSR count). The van der Waals surface area contributed by atoms with Gasteiger partial charge in [-0.2, -0.15) is 5.10 Å². The van der Waals surface area contributed by atoms with E-state index >= 15 is 0 Å². The molecule has 0 unspecified atom stereocenters. The molecule has 1 aliphatic heterocycles. The van der Waals surface area contributed by atoms with Gasteiger partial charge in [0.15, 0.2) is 11.6 Å². The van der Waals surface area contributed by atoms with Crippen molar-refractivity contribution < 1.29 is 4.79 Å². The quantitative estimate of drug-likeness (QED) is 0.709. The molecule has 1 amide bonds. The first-order chi connectivity index (χ1) is 12.1. The number of carbonyl (C=O) groups is 1. The highest BCUT2D eigenvalue weighted by Crippen LogP contribution is 2.26. The summed E-state index contributed by atoms with van der Waals surface area (Å²) in [6.07, 6.45) is 3.08. The fraction of sp³-hybridized carbons (Fsp3) is 0.312. The van der Waals surface area contributed by atoms with Crippen LogP contribution in [0.2, 0.25) is 5.02 Å². The second-order valence-corrected chi connectivity index (χ2v) is 6.36. The maximum atomic E-state index is 12.8. The van der Waals surface area contributed by atoms with Crippen LogP contribution in [0.3, 0.4) is 0 Å². The van der Waals surface area contributed by atoms with Gasteiger partial charge in [0.25, 0.3) is 0 Å². The Morgan fingerprint density at radius 1 is 1.24 bits per heavy atom. The van der Waals surface area contributed by atoms with Crippen molar-refractivity contribution >= 4 is 17.5 Å². The van der Waals surface area contributed by atoms with Gasteiger partial charge in [0, 0.05) is 11.6 Å². The zero-order chi connectivity index (χ0) is 17.4. The first kappa shape index (κ1) is 15.8. The third kappa shape index (κ3) is 2.89. The zero-order valence-electron chi connectivity index (χ0n) is 13.6. The molecular weight excluding hydrogens is 342 g/mol. The molecule has 0 fully saturated rings. The molecule has 2 aromatic heterocycles. The van der Waals surface area contributed by atoms with E-state index in [9.17, 15) is 4.79 Å². The van der Waals surface area contributed by atoms with Gasteiger partial charge in [-0.25, -0.2) is 9.67 Å². The Hall–Kier alpha value is -2.74. The van der Waals surface area contributed by atoms with E-state index < -0.39 is 0 Å². The maximum absolute atomic E-state index is 12.8. The van der Waals surface area contributed by atoms with Gasteiger partial charge < -0.3 is 4.90 Å². The monoisotopic (exact) mass is 357 g/mol. The summed E-state index contributed by atoms with van der Waals surface area (Å²) >= 11 is 6.22. The van der Waals surface area contributed by atoms with Crippen molar-refractivity contribution in [2.75, 3.05) is 0 Å². The lowest BCUT2D eigenvalue weighted by molar-refractivity contribution is -0.137. The molecule has 0 aliphatic carbocycles. The van der Waals surface area contributed by atoms with Crippen LogP contribution in [0, 0.1) is 0 Å². The van der Waals surface area contributed by atoms with Gasteiger partial charge >= 0.3 is 0 Å². The summed E-state index contributed by atoms with van der Waals surface area (Å²) in [5.74, 6) is 1.47. The summed E-state index contributed by atoms with van der Waals surface area (Å²) in [7, 11) is 0. The van der Waals surface area contributed by atoms with Crippen LogP contribution in [0.1, 0.15) is 30.2 Å². The average Bonchev–Trinajstić information content (AvgIpc) is 3.25. The van der Waals surface area contributed by atoms with Crippen molar-refractivity contribution in [1.29, 1.82) is 0 Å². The van der Waals surface area contributed by atoms with Gasteiger partial charge in [-0.15, -0.1) is 10.2 Å². The largest absolute Gasteiger partial charge is 0.329 e. The summed E-state index contributed by atoms with van der Waals surface area (Å²) in [4.78, 5) is 18.5. The van der Waals surface area contributed by atoms with E-state index in [0.717, 1.165) is 11.4 Å². The van der Waals surface area contributed by atoms with Gasteiger partial charge in [0.1, 0.15) is 25.2 Å². The minimum atomic E-state index is -0.375.